The van der Waals surface area contributed by atoms with Gasteiger partial charge in [0.05, 0.1) is 11.5 Å². The minimum atomic E-state index is -0.538. The van der Waals surface area contributed by atoms with Crippen LogP contribution in [0.1, 0.15) is 6.42 Å². The molecule has 0 saturated carbocycles. The topological polar surface area (TPSA) is 78.7 Å². The maximum atomic E-state index is 11.8. The molecule has 1 unspecified atom stereocenters. The van der Waals surface area contributed by atoms with Gasteiger partial charge in [0.25, 0.3) is 0 Å². The van der Waals surface area contributed by atoms with Gasteiger partial charge in [-0.1, -0.05) is 15.9 Å². The van der Waals surface area contributed by atoms with Crippen LogP contribution in [0.3, 0.4) is 0 Å². The van der Waals surface area contributed by atoms with Crippen molar-refractivity contribution in [1.82, 2.24) is 0 Å². The Balaban J connectivity index is 2.02. The summed E-state index contributed by atoms with van der Waals surface area (Å²) in [5.74, 6) is -0.148. The molecule has 0 amide bonds. The molecular weight excluding hydrogens is 318 g/mol. The van der Waals surface area contributed by atoms with E-state index in [-0.39, 0.29) is 29.7 Å². The third kappa shape index (κ3) is 3.51. The van der Waals surface area contributed by atoms with E-state index in [0.29, 0.717) is 24.1 Å². The van der Waals surface area contributed by atoms with Crippen LogP contribution in [0.2, 0.25) is 0 Å². The van der Waals surface area contributed by atoms with Gasteiger partial charge in [0.15, 0.2) is 11.5 Å². The predicted molar refractivity (Wildman–Crippen MR) is 70.2 cm³/mol. The van der Waals surface area contributed by atoms with Crippen molar-refractivity contribution in [3.8, 4) is 5.75 Å². The molecule has 0 aromatic heterocycles. The van der Waals surface area contributed by atoms with Crippen molar-refractivity contribution in [2.24, 2.45) is 5.92 Å². The van der Waals surface area contributed by atoms with E-state index in [4.69, 9.17) is 9.47 Å². The number of benzene rings is 1. The summed E-state index contributed by atoms with van der Waals surface area (Å²) in [5, 5.41) is 10.9. The highest BCUT2D eigenvalue weighted by molar-refractivity contribution is 9.10. The molecule has 1 aromatic rings. The Hall–Kier alpha value is -1.47. The van der Waals surface area contributed by atoms with Crippen LogP contribution in [0.25, 0.3) is 0 Å². The molecule has 1 atom stereocenters. The Labute approximate surface area is 118 Å². The van der Waals surface area contributed by atoms with E-state index in [9.17, 15) is 14.9 Å². The van der Waals surface area contributed by atoms with Crippen LogP contribution < -0.4 is 4.74 Å². The van der Waals surface area contributed by atoms with Crippen molar-refractivity contribution in [2.75, 3.05) is 19.8 Å². The highest BCUT2D eigenvalue weighted by atomic mass is 79.9. The smallest absolute Gasteiger partial charge is 0.312 e. The number of nitrogens with zero attached hydrogens (tertiary/aromatic N) is 1. The zero-order valence-corrected chi connectivity index (χ0v) is 11.6. The van der Waals surface area contributed by atoms with Crippen LogP contribution >= 0.6 is 15.9 Å². The second-order valence-corrected chi connectivity index (χ2v) is 5.10. The number of nitro benzene ring substituents is 1. The third-order valence-electron chi connectivity index (χ3n) is 2.87. The zero-order chi connectivity index (χ0) is 13.8. The van der Waals surface area contributed by atoms with Gasteiger partial charge in [-0.2, -0.15) is 0 Å². The second kappa shape index (κ2) is 6.12. The molecule has 19 heavy (non-hydrogen) atoms. The minimum Gasteiger partial charge on any atom is -0.479 e. The van der Waals surface area contributed by atoms with E-state index < -0.39 is 4.92 Å². The maximum Gasteiger partial charge on any atom is 0.312 e. The first-order chi connectivity index (χ1) is 9.08. The van der Waals surface area contributed by atoms with Crippen LogP contribution in [0.4, 0.5) is 5.69 Å². The number of ketones is 1. The van der Waals surface area contributed by atoms with Gasteiger partial charge in [-0.25, -0.2) is 0 Å². The summed E-state index contributed by atoms with van der Waals surface area (Å²) in [6.45, 7) is 0.815. The lowest BCUT2D eigenvalue weighted by Crippen LogP contribution is -2.21. The van der Waals surface area contributed by atoms with E-state index in [0.717, 1.165) is 0 Å². The highest BCUT2D eigenvalue weighted by Crippen LogP contribution is 2.30. The number of carbonyl (C=O) groups is 1. The van der Waals surface area contributed by atoms with Crippen molar-refractivity contribution in [2.45, 2.75) is 6.42 Å². The van der Waals surface area contributed by atoms with Crippen LogP contribution in [0.5, 0.6) is 5.75 Å². The van der Waals surface area contributed by atoms with E-state index in [1.165, 1.54) is 12.1 Å². The lowest BCUT2D eigenvalue weighted by molar-refractivity contribution is -0.385. The minimum absolute atomic E-state index is 0.0882. The molecule has 102 valence electrons. The molecule has 1 fully saturated rings. The van der Waals surface area contributed by atoms with Crippen molar-refractivity contribution in [3.63, 3.8) is 0 Å². The van der Waals surface area contributed by atoms with Gasteiger partial charge in [0, 0.05) is 23.1 Å². The Morgan fingerprint density at radius 2 is 2.37 bits per heavy atom. The average Bonchev–Trinajstić information content (AvgIpc) is 2.90. The first-order valence-corrected chi connectivity index (χ1v) is 6.54. The van der Waals surface area contributed by atoms with Crippen molar-refractivity contribution in [1.29, 1.82) is 0 Å². The molecule has 6 nitrogen and oxygen atoms in total. The van der Waals surface area contributed by atoms with Crippen molar-refractivity contribution >= 4 is 27.4 Å². The molecule has 1 saturated heterocycles. The number of nitro groups is 1. The summed E-state index contributed by atoms with van der Waals surface area (Å²) < 4.78 is 11.0. The van der Waals surface area contributed by atoms with Crippen molar-refractivity contribution < 1.29 is 19.2 Å². The summed E-state index contributed by atoms with van der Waals surface area (Å²) in [4.78, 5) is 22.1. The third-order valence-corrected chi connectivity index (χ3v) is 3.37. The standard InChI is InChI=1S/C12H12BrNO5/c13-9-1-2-12(10(5-9)14(16)17)19-7-11(15)8-3-4-18-6-8/h1-2,5,8H,3-4,6-7H2. The molecule has 7 heteroatoms. The molecule has 0 spiro atoms. The monoisotopic (exact) mass is 329 g/mol. The SMILES string of the molecule is O=C(COc1ccc(Br)cc1[N+](=O)[O-])C1CCOC1. The summed E-state index contributed by atoms with van der Waals surface area (Å²) in [6.07, 6.45) is 0.685. The zero-order valence-electron chi connectivity index (χ0n) is 10.0. The maximum absolute atomic E-state index is 11.8. The van der Waals surface area contributed by atoms with Gasteiger partial charge in [-0.15, -0.1) is 0 Å². The van der Waals surface area contributed by atoms with Crippen LogP contribution in [-0.2, 0) is 9.53 Å². The molecule has 1 aromatic carbocycles. The number of Topliss-reactive ketones (excluding diaryl/α,β-unsaturated/α-hetero) is 1. The van der Waals surface area contributed by atoms with Gasteiger partial charge in [-0.05, 0) is 18.6 Å². The fraction of sp³-hybridized carbons (Fsp3) is 0.417. The first kappa shape index (κ1) is 14.0. The van der Waals surface area contributed by atoms with Crippen LogP contribution in [-0.4, -0.2) is 30.5 Å². The highest BCUT2D eigenvalue weighted by Gasteiger charge is 2.25. The van der Waals surface area contributed by atoms with Crippen LogP contribution in [0.15, 0.2) is 22.7 Å². The lowest BCUT2D eigenvalue weighted by Gasteiger charge is -2.09. The molecular formula is C12H12BrNO5. The number of hydrogen-bond acceptors (Lipinski definition) is 5. The fourth-order valence-electron chi connectivity index (χ4n) is 1.81. The van der Waals surface area contributed by atoms with E-state index >= 15 is 0 Å². The molecule has 2 rings (SSSR count). The van der Waals surface area contributed by atoms with Gasteiger partial charge >= 0.3 is 5.69 Å². The molecule has 1 aliphatic rings. The van der Waals surface area contributed by atoms with E-state index in [1.54, 1.807) is 6.07 Å². The molecule has 0 aliphatic carbocycles. The number of ether oxygens (including phenoxy) is 2. The summed E-state index contributed by atoms with van der Waals surface area (Å²) in [6, 6.07) is 4.45. The first-order valence-electron chi connectivity index (χ1n) is 5.75. The molecule has 0 bridgehead atoms. The molecule has 0 N–H and O–H groups in total. The number of rotatable bonds is 5. The Bertz CT molecular complexity index is 499. The lowest BCUT2D eigenvalue weighted by atomic mass is 10.0. The molecule has 1 aliphatic heterocycles. The van der Waals surface area contributed by atoms with E-state index in [1.807, 2.05) is 0 Å². The summed E-state index contributed by atoms with van der Waals surface area (Å²) in [5.41, 5.74) is -0.162. The van der Waals surface area contributed by atoms with Gasteiger partial charge in [0.1, 0.15) is 6.61 Å². The quantitative estimate of drug-likeness (QED) is 0.612. The average molecular weight is 330 g/mol. The van der Waals surface area contributed by atoms with Crippen molar-refractivity contribution in [3.05, 3.63) is 32.8 Å². The molecule has 1 heterocycles. The Morgan fingerprint density at radius 3 is 3.00 bits per heavy atom. The number of hydrogen-bond donors (Lipinski definition) is 0. The second-order valence-electron chi connectivity index (χ2n) is 4.18. The van der Waals surface area contributed by atoms with Gasteiger partial charge in [-0.3, -0.25) is 14.9 Å². The van der Waals surface area contributed by atoms with Gasteiger partial charge in [0.2, 0.25) is 0 Å². The normalized spacial score (nSPS) is 18.3. The Morgan fingerprint density at radius 1 is 1.58 bits per heavy atom. The summed E-state index contributed by atoms with van der Waals surface area (Å²) in [7, 11) is 0. The largest absolute Gasteiger partial charge is 0.479 e. The van der Waals surface area contributed by atoms with Gasteiger partial charge < -0.3 is 9.47 Å². The summed E-state index contributed by atoms with van der Waals surface area (Å²) >= 11 is 3.16. The van der Waals surface area contributed by atoms with E-state index in [2.05, 4.69) is 15.9 Å². The predicted octanol–water partition coefficient (Wildman–Crippen LogP) is 2.34. The van der Waals surface area contributed by atoms with Crippen LogP contribution in [0, 0.1) is 16.0 Å². The number of halogens is 1. The Kier molecular flexibility index (Phi) is 4.49. The number of carbonyl (C=O) groups excluding carboxylic acids is 1. The molecule has 0 radical (unpaired) electrons. The fourth-order valence-corrected chi connectivity index (χ4v) is 2.16.